The fourth-order valence-electron chi connectivity index (χ4n) is 3.05. The Morgan fingerprint density at radius 2 is 1.69 bits per heavy atom. The molecule has 1 rings (SSSR count). The Labute approximate surface area is 213 Å². The smallest absolute Gasteiger partial charge is 0.270 e. The number of carbonyl (C=O) groups excluding carboxylic acids is 4. The quantitative estimate of drug-likeness (QED) is 0.177. The predicted octanol–water partition coefficient (Wildman–Crippen LogP) is 2.15. The van der Waals surface area contributed by atoms with Crippen molar-refractivity contribution in [2.75, 3.05) is 20.1 Å². The minimum Gasteiger partial charge on any atom is -0.354 e. The van der Waals surface area contributed by atoms with Crippen LogP contribution in [0.3, 0.4) is 0 Å². The Balaban J connectivity index is 2.39. The highest BCUT2D eigenvalue weighted by atomic mass is 16.2. The molecular weight excluding hydrogens is 460 g/mol. The number of allylic oxidation sites excluding steroid dienone is 1. The lowest BCUT2D eigenvalue weighted by Gasteiger charge is -2.13. The maximum atomic E-state index is 12.4. The molecule has 1 heterocycles. The van der Waals surface area contributed by atoms with E-state index in [0.717, 1.165) is 19.3 Å². The first-order valence-corrected chi connectivity index (χ1v) is 12.1. The van der Waals surface area contributed by atoms with Gasteiger partial charge in [0.15, 0.2) is 0 Å². The fourth-order valence-corrected chi connectivity index (χ4v) is 3.05. The monoisotopic (exact) mass is 498 g/mol. The van der Waals surface area contributed by atoms with Gasteiger partial charge in [0, 0.05) is 26.2 Å². The van der Waals surface area contributed by atoms with Crippen LogP contribution in [0.2, 0.25) is 0 Å². The first-order valence-electron chi connectivity index (χ1n) is 12.1. The molecule has 0 fully saturated rings. The van der Waals surface area contributed by atoms with Crippen LogP contribution in [0, 0.1) is 5.92 Å². The highest BCUT2D eigenvalue weighted by Crippen LogP contribution is 2.07. The van der Waals surface area contributed by atoms with Crippen molar-refractivity contribution in [3.63, 3.8) is 0 Å². The molecule has 36 heavy (non-hydrogen) atoms. The maximum absolute atomic E-state index is 12.4. The number of carbonyl (C=O) groups is 4. The molecular formula is C26H38N6O4. The molecule has 0 bridgehead atoms. The summed E-state index contributed by atoms with van der Waals surface area (Å²) in [6, 6.07) is 4.66. The summed E-state index contributed by atoms with van der Waals surface area (Å²) in [5.74, 6) is -1.28. The molecule has 0 aliphatic carbocycles. The largest absolute Gasteiger partial charge is 0.354 e. The molecule has 0 aliphatic heterocycles. The van der Waals surface area contributed by atoms with Crippen molar-refractivity contribution in [1.29, 1.82) is 0 Å². The standard InChI is InChI=1S/C26H38N6O4/c1-7-11-20(26(36)30-17(2)3)31-19(5)23(33)29-16-18(4)12-8-9-15-28-25(35)22-14-10-13-21(32-22)24(34)27-6/h7,10-11,13-14,17-18H,5,8-9,12,15-16H2,1-4,6H3,(H,27,34)(H,28,35)(H,29,33)(H,30,36)/b11-7-,31-20?/t18-/m0/s1. The van der Waals surface area contributed by atoms with Gasteiger partial charge in [0.05, 0.1) is 0 Å². The number of amides is 4. The Bertz CT molecular complexity index is 1000. The second-order valence-corrected chi connectivity index (χ2v) is 8.63. The highest BCUT2D eigenvalue weighted by Gasteiger charge is 2.14. The summed E-state index contributed by atoms with van der Waals surface area (Å²) >= 11 is 0. The second kappa shape index (κ2) is 16.0. The molecule has 1 atom stereocenters. The summed E-state index contributed by atoms with van der Waals surface area (Å²) in [7, 11) is 1.50. The van der Waals surface area contributed by atoms with E-state index in [2.05, 4.69) is 37.8 Å². The minimum atomic E-state index is -0.431. The van der Waals surface area contributed by atoms with Gasteiger partial charge in [0.1, 0.15) is 22.8 Å². The third-order valence-electron chi connectivity index (χ3n) is 4.96. The molecule has 0 radical (unpaired) electrons. The topological polar surface area (TPSA) is 142 Å². The van der Waals surface area contributed by atoms with Crippen LogP contribution in [0.15, 0.2) is 47.6 Å². The van der Waals surface area contributed by atoms with E-state index < -0.39 is 5.91 Å². The Morgan fingerprint density at radius 1 is 1.03 bits per heavy atom. The van der Waals surface area contributed by atoms with Crippen LogP contribution >= 0.6 is 0 Å². The van der Waals surface area contributed by atoms with Crippen LogP contribution < -0.4 is 21.3 Å². The zero-order valence-electron chi connectivity index (χ0n) is 21.8. The number of unbranched alkanes of at least 4 members (excludes halogenated alkanes) is 1. The molecule has 0 spiro atoms. The zero-order valence-corrected chi connectivity index (χ0v) is 21.8. The number of nitrogens with zero attached hydrogens (tertiary/aromatic N) is 2. The van der Waals surface area contributed by atoms with E-state index in [4.69, 9.17) is 0 Å². The maximum Gasteiger partial charge on any atom is 0.270 e. The van der Waals surface area contributed by atoms with Gasteiger partial charge in [-0.2, -0.15) is 0 Å². The Hall–Kier alpha value is -3.82. The molecule has 4 N–H and O–H groups in total. The summed E-state index contributed by atoms with van der Waals surface area (Å²) in [5.41, 5.74) is 0.462. The van der Waals surface area contributed by atoms with E-state index in [9.17, 15) is 19.2 Å². The van der Waals surface area contributed by atoms with E-state index in [-0.39, 0.29) is 52.5 Å². The molecule has 0 aromatic carbocycles. The summed E-state index contributed by atoms with van der Waals surface area (Å²) in [6.45, 7) is 12.0. The number of aromatic nitrogens is 1. The molecule has 0 saturated carbocycles. The lowest BCUT2D eigenvalue weighted by Crippen LogP contribution is -2.36. The average Bonchev–Trinajstić information content (AvgIpc) is 2.85. The number of nitrogens with one attached hydrogen (secondary N) is 4. The van der Waals surface area contributed by atoms with Crippen molar-refractivity contribution in [2.24, 2.45) is 10.9 Å². The third kappa shape index (κ3) is 11.1. The van der Waals surface area contributed by atoms with Crippen molar-refractivity contribution >= 4 is 29.3 Å². The van der Waals surface area contributed by atoms with Crippen molar-refractivity contribution in [1.82, 2.24) is 26.3 Å². The average molecular weight is 499 g/mol. The van der Waals surface area contributed by atoms with Gasteiger partial charge in [-0.15, -0.1) is 0 Å². The molecule has 10 heteroatoms. The first kappa shape index (κ1) is 30.2. The molecule has 196 valence electrons. The normalized spacial score (nSPS) is 12.2. The molecule has 10 nitrogen and oxygen atoms in total. The van der Waals surface area contributed by atoms with E-state index >= 15 is 0 Å². The third-order valence-corrected chi connectivity index (χ3v) is 4.96. The predicted molar refractivity (Wildman–Crippen MR) is 141 cm³/mol. The van der Waals surface area contributed by atoms with Gasteiger partial charge in [-0.3, -0.25) is 19.2 Å². The van der Waals surface area contributed by atoms with Crippen LogP contribution in [-0.2, 0) is 9.59 Å². The highest BCUT2D eigenvalue weighted by molar-refractivity contribution is 6.43. The van der Waals surface area contributed by atoms with E-state index in [1.807, 2.05) is 20.8 Å². The van der Waals surface area contributed by atoms with Crippen molar-refractivity contribution in [3.05, 3.63) is 54.0 Å². The summed E-state index contributed by atoms with van der Waals surface area (Å²) in [4.78, 5) is 56.6. The van der Waals surface area contributed by atoms with Crippen molar-refractivity contribution in [2.45, 2.75) is 53.0 Å². The molecule has 4 amide bonds. The second-order valence-electron chi connectivity index (χ2n) is 8.63. The Morgan fingerprint density at radius 3 is 2.31 bits per heavy atom. The summed E-state index contributed by atoms with van der Waals surface area (Å²) in [6.07, 6.45) is 5.66. The lowest BCUT2D eigenvalue weighted by molar-refractivity contribution is -0.117. The number of hydrogen-bond acceptors (Lipinski definition) is 6. The van der Waals surface area contributed by atoms with Gasteiger partial charge in [0.2, 0.25) is 0 Å². The fraction of sp³-hybridized carbons (Fsp3) is 0.462. The van der Waals surface area contributed by atoms with Gasteiger partial charge in [-0.05, 0) is 57.7 Å². The summed E-state index contributed by atoms with van der Waals surface area (Å²) in [5, 5.41) is 10.8. The van der Waals surface area contributed by atoms with Crippen LogP contribution in [0.25, 0.3) is 0 Å². The number of pyridine rings is 1. The van der Waals surface area contributed by atoms with E-state index in [1.165, 1.54) is 13.1 Å². The van der Waals surface area contributed by atoms with Gasteiger partial charge in [0.25, 0.3) is 23.6 Å². The van der Waals surface area contributed by atoms with Crippen LogP contribution in [-0.4, -0.2) is 60.5 Å². The van der Waals surface area contributed by atoms with E-state index in [0.29, 0.717) is 13.1 Å². The SMILES string of the molecule is C=C(N=C(/C=C\C)C(=O)NC(C)C)C(=O)NC[C@@H](C)CCCCNC(=O)c1cccc(C(=O)NC)n1. The van der Waals surface area contributed by atoms with Gasteiger partial charge in [-0.1, -0.05) is 32.1 Å². The van der Waals surface area contributed by atoms with Crippen molar-refractivity contribution < 1.29 is 19.2 Å². The van der Waals surface area contributed by atoms with Crippen LogP contribution in [0.4, 0.5) is 0 Å². The molecule has 1 aromatic heterocycles. The van der Waals surface area contributed by atoms with Gasteiger partial charge >= 0.3 is 0 Å². The van der Waals surface area contributed by atoms with Gasteiger partial charge < -0.3 is 21.3 Å². The zero-order chi connectivity index (χ0) is 27.1. The van der Waals surface area contributed by atoms with Crippen LogP contribution in [0.1, 0.15) is 67.9 Å². The number of rotatable bonds is 14. The lowest BCUT2D eigenvalue weighted by atomic mass is 10.0. The molecule has 0 aliphatic rings. The van der Waals surface area contributed by atoms with E-state index in [1.54, 1.807) is 31.2 Å². The van der Waals surface area contributed by atoms with Crippen LogP contribution in [0.5, 0.6) is 0 Å². The summed E-state index contributed by atoms with van der Waals surface area (Å²) < 4.78 is 0. The van der Waals surface area contributed by atoms with Crippen molar-refractivity contribution in [3.8, 4) is 0 Å². The molecule has 1 aromatic rings. The molecule has 0 saturated heterocycles. The van der Waals surface area contributed by atoms with Gasteiger partial charge in [-0.25, -0.2) is 9.98 Å². The Kier molecular flexibility index (Phi) is 13.4. The number of aliphatic imine (C=N–C) groups is 1. The first-order chi connectivity index (χ1) is 17.1. The molecule has 0 unspecified atom stereocenters. The number of hydrogen-bond donors (Lipinski definition) is 4. The minimum absolute atomic E-state index is 0.0361.